The number of esters is 2. The first-order valence-corrected chi connectivity index (χ1v) is 26.9. The van der Waals surface area contributed by atoms with Gasteiger partial charge in [0.2, 0.25) is 33.7 Å². The van der Waals surface area contributed by atoms with Gasteiger partial charge in [-0.15, -0.1) is 0 Å². The molecule has 0 spiro atoms. The number of hydrogen-bond donors (Lipinski definition) is 4. The van der Waals surface area contributed by atoms with Crippen molar-refractivity contribution in [3.05, 3.63) is 59.7 Å². The monoisotopic (exact) mass is 1040 g/mol. The number of aryl methyl sites for hydroxylation is 1. The summed E-state index contributed by atoms with van der Waals surface area (Å²) in [6.07, 6.45) is -4.06. The van der Waals surface area contributed by atoms with Crippen LogP contribution in [0, 0.1) is 30.6 Å². The van der Waals surface area contributed by atoms with Crippen molar-refractivity contribution in [2.24, 2.45) is 23.7 Å². The van der Waals surface area contributed by atoms with E-state index in [2.05, 4.69) is 16.0 Å². The van der Waals surface area contributed by atoms with Crippen LogP contribution < -0.4 is 20.7 Å². The Morgan fingerprint density at radius 1 is 0.904 bits per heavy atom. The van der Waals surface area contributed by atoms with E-state index in [1.54, 1.807) is 84.9 Å². The number of likely N-dealkylation sites (N-methyl/N-ethyl adjacent to an activating group) is 2. The number of carbonyl (C=O) groups is 7. The van der Waals surface area contributed by atoms with Gasteiger partial charge in [-0.3, -0.25) is 28.8 Å². The molecule has 19 nitrogen and oxygen atoms in total. The quantitative estimate of drug-likeness (QED) is 0.185. The molecular formula is C53H80N6O13S. The van der Waals surface area contributed by atoms with Crippen LogP contribution in [0.5, 0.6) is 5.75 Å². The third-order valence-electron chi connectivity index (χ3n) is 13.8. The second-order valence-corrected chi connectivity index (χ2v) is 22.8. The minimum absolute atomic E-state index is 0.0113. The average Bonchev–Trinajstić information content (AvgIpc) is 3.83. The van der Waals surface area contributed by atoms with E-state index in [1.165, 1.54) is 50.1 Å². The third-order valence-corrected chi connectivity index (χ3v) is 15.7. The van der Waals surface area contributed by atoms with Crippen molar-refractivity contribution in [2.45, 2.75) is 174 Å². The van der Waals surface area contributed by atoms with Gasteiger partial charge in [0, 0.05) is 27.1 Å². The summed E-state index contributed by atoms with van der Waals surface area (Å²) in [6.45, 7) is 17.5. The molecule has 0 radical (unpaired) electrons. The summed E-state index contributed by atoms with van der Waals surface area (Å²) in [4.78, 5) is 104. The molecule has 2 fully saturated rings. The lowest BCUT2D eigenvalue weighted by Gasteiger charge is -2.35. The number of rotatable bonds is 15. The predicted molar refractivity (Wildman–Crippen MR) is 273 cm³/mol. The van der Waals surface area contributed by atoms with Crippen molar-refractivity contribution in [1.29, 1.82) is 0 Å². The van der Waals surface area contributed by atoms with Gasteiger partial charge in [0.15, 0.2) is 6.10 Å². The fourth-order valence-corrected chi connectivity index (χ4v) is 10.5. The Kier molecular flexibility index (Phi) is 21.8. The van der Waals surface area contributed by atoms with Crippen LogP contribution in [0.4, 0.5) is 0 Å². The molecule has 2 aliphatic heterocycles. The molecule has 2 aliphatic rings. The number of nitrogens with one attached hydrogen (secondary N) is 3. The van der Waals surface area contributed by atoms with Crippen molar-refractivity contribution in [3.8, 4) is 5.75 Å². The summed E-state index contributed by atoms with van der Waals surface area (Å²) in [5.74, 6) is -6.57. The fraction of sp³-hybridized carbons (Fsp3) is 0.642. The smallest absolute Gasteiger partial charge is 0.329 e. The third kappa shape index (κ3) is 15.7. The molecule has 10 atom stereocenters. The lowest BCUT2D eigenvalue weighted by molar-refractivity contribution is -0.162. The van der Waals surface area contributed by atoms with E-state index in [0.29, 0.717) is 24.2 Å². The number of sulfonamides is 1. The van der Waals surface area contributed by atoms with E-state index in [0.717, 1.165) is 9.87 Å². The van der Waals surface area contributed by atoms with Crippen molar-refractivity contribution >= 4 is 51.5 Å². The lowest BCUT2D eigenvalue weighted by Crippen LogP contribution is -2.61. The minimum Gasteiger partial charge on any atom is -0.497 e. The second-order valence-electron chi connectivity index (χ2n) is 20.9. The summed E-state index contributed by atoms with van der Waals surface area (Å²) in [5, 5.41) is 20.0. The molecular weight excluding hydrogens is 961 g/mol. The zero-order valence-corrected chi connectivity index (χ0v) is 45.7. The number of cyclic esters (lactones) is 2. The number of benzene rings is 2. The average molecular weight is 1040 g/mol. The predicted octanol–water partition coefficient (Wildman–Crippen LogP) is 3.91. The normalized spacial score (nSPS) is 25.4. The Morgan fingerprint density at radius 3 is 2.10 bits per heavy atom. The van der Waals surface area contributed by atoms with Gasteiger partial charge >= 0.3 is 11.9 Å². The van der Waals surface area contributed by atoms with Gasteiger partial charge in [0.05, 0.1) is 30.6 Å². The minimum atomic E-state index is -4.29. The van der Waals surface area contributed by atoms with E-state index in [4.69, 9.17) is 14.2 Å². The van der Waals surface area contributed by atoms with E-state index in [9.17, 15) is 47.1 Å². The van der Waals surface area contributed by atoms with Crippen LogP contribution in [-0.4, -0.2) is 151 Å². The van der Waals surface area contributed by atoms with E-state index in [1.807, 2.05) is 13.8 Å². The first kappa shape index (κ1) is 60.0. The summed E-state index contributed by atoms with van der Waals surface area (Å²) in [5.41, 5.74) is 1.41. The molecule has 5 amide bonds. The molecule has 0 unspecified atom stereocenters. The number of nitrogens with zero attached hydrogens (tertiary/aromatic N) is 3. The largest absolute Gasteiger partial charge is 0.497 e. The number of ether oxygens (including phenoxy) is 3. The molecule has 0 aromatic heterocycles. The molecule has 4 N–H and O–H groups in total. The van der Waals surface area contributed by atoms with Gasteiger partial charge in [-0.1, -0.05) is 91.6 Å². The summed E-state index contributed by atoms with van der Waals surface area (Å²) >= 11 is 0. The zero-order valence-electron chi connectivity index (χ0n) is 44.9. The van der Waals surface area contributed by atoms with Gasteiger partial charge < -0.3 is 45.1 Å². The number of fused-ring (bicyclic) bond motifs is 1. The molecule has 2 aromatic carbocycles. The van der Waals surface area contributed by atoms with Crippen LogP contribution in [0.2, 0.25) is 0 Å². The Labute approximate surface area is 431 Å². The number of hydrogen-bond acceptors (Lipinski definition) is 13. The van der Waals surface area contributed by atoms with E-state index >= 15 is 0 Å². The van der Waals surface area contributed by atoms with Crippen LogP contribution in [0.25, 0.3) is 0 Å². The first-order chi connectivity index (χ1) is 34.2. The van der Waals surface area contributed by atoms with Gasteiger partial charge in [0.25, 0.3) is 5.91 Å². The molecule has 0 bridgehead atoms. The highest BCUT2D eigenvalue weighted by atomic mass is 32.2. The van der Waals surface area contributed by atoms with E-state index < -0.39 is 124 Å². The van der Waals surface area contributed by atoms with E-state index in [-0.39, 0.29) is 49.0 Å². The maximum absolute atomic E-state index is 14.9. The maximum atomic E-state index is 14.9. The Morgan fingerprint density at radius 2 is 1.53 bits per heavy atom. The lowest BCUT2D eigenvalue weighted by atomic mass is 9.92. The van der Waals surface area contributed by atoms with Crippen LogP contribution in [0.3, 0.4) is 0 Å². The molecule has 20 heteroatoms. The highest BCUT2D eigenvalue weighted by Gasteiger charge is 2.45. The fourth-order valence-electron chi connectivity index (χ4n) is 9.18. The Balaban J connectivity index is 1.89. The number of aliphatic hydroxyl groups is 1. The van der Waals surface area contributed by atoms with Gasteiger partial charge in [0.1, 0.15) is 42.1 Å². The van der Waals surface area contributed by atoms with Crippen molar-refractivity contribution in [2.75, 3.05) is 27.7 Å². The van der Waals surface area contributed by atoms with Crippen molar-refractivity contribution < 1.29 is 61.3 Å². The highest BCUT2D eigenvalue weighted by Crippen LogP contribution is 2.27. The summed E-state index contributed by atoms with van der Waals surface area (Å²) < 4.78 is 46.3. The molecule has 2 heterocycles. The van der Waals surface area contributed by atoms with Crippen LogP contribution in [0.15, 0.2) is 53.4 Å². The number of carbonyl (C=O) groups excluding carboxylic acids is 7. The first-order valence-electron chi connectivity index (χ1n) is 25.5. The molecule has 2 saturated heterocycles. The highest BCUT2D eigenvalue weighted by molar-refractivity contribution is 7.89. The summed E-state index contributed by atoms with van der Waals surface area (Å²) in [7, 11) is -0.102. The molecule has 0 saturated carbocycles. The maximum Gasteiger partial charge on any atom is 0.329 e. The van der Waals surface area contributed by atoms with Gasteiger partial charge in [-0.05, 0) is 93.0 Å². The standard InChI is InChI=1S/C53H80N6O13S/c1-14-34(9)45-43(60)29-44(61)72-47(32(6)7)50(64)54-39(26-30(2)3)51(65)59-25-15-16-40(59)52(66)57(11)42(28-36-19-21-37(70-13)22-20-36)53(67)71-35(10)46(49(63)55-45)56-48(62)41(27-31(4)5)58(12)73(68,69)38-23-17-33(8)18-24-38/h17-24,30-32,34-35,39-43,45-47,60H,14-16,25-29H2,1-13H3,(H,54,64)(H,55,63)(H,56,62)/t34-,35+,39-,40-,41+,42-,43-,45+,46-,47-/m0/s1. The SMILES string of the molecule is CC[C@H](C)[C@H]1NC(=O)[C@@H](NC(=O)[C@@H](CC(C)C)N(C)S(=O)(=O)c2ccc(C)cc2)[C@@H](C)OC(=O)[C@H](Cc2ccc(OC)cc2)N(C)C(=O)[C@@H]2CCCN2C(=O)[C@H](CC(C)C)NC(=O)[C@H](C(C)C)OC(=O)C[C@@H]1O. The van der Waals surface area contributed by atoms with Gasteiger partial charge in [-0.25, -0.2) is 13.2 Å². The van der Waals surface area contributed by atoms with Crippen LogP contribution in [-0.2, 0) is 59.5 Å². The summed E-state index contributed by atoms with van der Waals surface area (Å²) in [6, 6.07) is 5.06. The molecule has 4 rings (SSSR count). The molecule has 2 aromatic rings. The number of methoxy groups -OCH3 is 1. The van der Waals surface area contributed by atoms with Crippen LogP contribution >= 0.6 is 0 Å². The molecule has 73 heavy (non-hydrogen) atoms. The molecule has 406 valence electrons. The van der Waals surface area contributed by atoms with Crippen LogP contribution in [0.1, 0.15) is 112 Å². The van der Waals surface area contributed by atoms with Crippen molar-refractivity contribution in [1.82, 2.24) is 30.1 Å². The number of aliphatic hydroxyl groups excluding tert-OH is 1. The number of amides is 5. The molecule has 0 aliphatic carbocycles. The Hall–Kier alpha value is -5.60. The topological polar surface area (TPSA) is 247 Å². The zero-order chi connectivity index (χ0) is 54.6. The second kappa shape index (κ2) is 26.6. The van der Waals surface area contributed by atoms with Gasteiger partial charge in [-0.2, -0.15) is 4.31 Å². The van der Waals surface area contributed by atoms with Crippen molar-refractivity contribution in [3.63, 3.8) is 0 Å². The Bertz CT molecular complexity index is 2340.